The van der Waals surface area contributed by atoms with Crippen molar-refractivity contribution < 1.29 is 17.9 Å². The Bertz CT molecular complexity index is 1140. The van der Waals surface area contributed by atoms with Crippen molar-refractivity contribution >= 4 is 38.6 Å². The molecule has 1 aromatic carbocycles. The molecule has 3 aromatic rings. The number of hydrogen-bond donors (Lipinski definition) is 0. The summed E-state index contributed by atoms with van der Waals surface area (Å²) in [4.78, 5) is 15.3. The standard InChI is InChI=1S/C22H24N2O4S3/c1-16-10-17(2)12-19(11-16)28-14-18-13-20(30-15-18)22(25)23-5-7-24(8-6-23)31(26,27)21-4-3-9-29-21/h3-4,9-13,15H,5-8,14H2,1-2H3. The molecule has 0 atom stereocenters. The fraction of sp³-hybridized carbons (Fsp3) is 0.318. The molecule has 0 unspecified atom stereocenters. The molecule has 4 rings (SSSR count). The van der Waals surface area contributed by atoms with Gasteiger partial charge in [-0.1, -0.05) is 12.1 Å². The summed E-state index contributed by atoms with van der Waals surface area (Å²) in [5.74, 6) is 0.760. The highest BCUT2D eigenvalue weighted by Crippen LogP contribution is 2.24. The summed E-state index contributed by atoms with van der Waals surface area (Å²) in [5, 5.41) is 3.69. The lowest BCUT2D eigenvalue weighted by Gasteiger charge is -2.33. The molecule has 1 aliphatic rings. The van der Waals surface area contributed by atoms with Gasteiger partial charge in [-0.3, -0.25) is 4.79 Å². The van der Waals surface area contributed by atoms with Crippen LogP contribution < -0.4 is 4.74 Å². The maximum Gasteiger partial charge on any atom is 0.264 e. The van der Waals surface area contributed by atoms with Gasteiger partial charge < -0.3 is 9.64 Å². The van der Waals surface area contributed by atoms with Crippen LogP contribution in [0.2, 0.25) is 0 Å². The fourth-order valence-corrected chi connectivity index (χ4v) is 7.00. The van der Waals surface area contributed by atoms with Crippen LogP contribution in [-0.2, 0) is 16.6 Å². The van der Waals surface area contributed by atoms with Gasteiger partial charge in [0.05, 0.1) is 4.88 Å². The molecule has 1 saturated heterocycles. The molecule has 9 heteroatoms. The lowest BCUT2D eigenvalue weighted by Crippen LogP contribution is -2.50. The van der Waals surface area contributed by atoms with E-state index in [0.717, 1.165) is 22.4 Å². The summed E-state index contributed by atoms with van der Waals surface area (Å²) in [6.07, 6.45) is 0. The Morgan fingerprint density at radius 1 is 1.03 bits per heavy atom. The molecule has 1 amide bonds. The van der Waals surface area contributed by atoms with Gasteiger partial charge >= 0.3 is 0 Å². The molecule has 6 nitrogen and oxygen atoms in total. The second-order valence-corrected chi connectivity index (χ2v) is 11.6. The number of piperazine rings is 1. The predicted molar refractivity (Wildman–Crippen MR) is 124 cm³/mol. The highest BCUT2D eigenvalue weighted by molar-refractivity contribution is 7.91. The number of nitrogens with zero attached hydrogens (tertiary/aromatic N) is 2. The summed E-state index contributed by atoms with van der Waals surface area (Å²) < 4.78 is 33.0. The van der Waals surface area contributed by atoms with Crippen molar-refractivity contribution in [3.63, 3.8) is 0 Å². The van der Waals surface area contributed by atoms with Gasteiger partial charge in [-0.05, 0) is 60.0 Å². The number of rotatable bonds is 6. The number of carbonyl (C=O) groups excluding carboxylic acids is 1. The molecule has 2 aromatic heterocycles. The molecule has 0 aliphatic carbocycles. The Hall–Kier alpha value is -2.20. The average molecular weight is 477 g/mol. The van der Waals surface area contributed by atoms with Crippen molar-refractivity contribution in [1.82, 2.24) is 9.21 Å². The molecule has 0 bridgehead atoms. The third-order valence-corrected chi connectivity index (χ3v) is 9.32. The van der Waals surface area contributed by atoms with E-state index in [-0.39, 0.29) is 5.91 Å². The monoisotopic (exact) mass is 476 g/mol. The van der Waals surface area contributed by atoms with Gasteiger partial charge in [0.15, 0.2) is 0 Å². The first kappa shape index (κ1) is 22.0. The lowest BCUT2D eigenvalue weighted by molar-refractivity contribution is 0.0703. The fourth-order valence-electron chi connectivity index (χ4n) is 3.57. The molecule has 0 saturated carbocycles. The Kier molecular flexibility index (Phi) is 6.47. The number of ether oxygens (including phenoxy) is 1. The normalized spacial score (nSPS) is 15.2. The number of hydrogen-bond acceptors (Lipinski definition) is 6. The SMILES string of the molecule is Cc1cc(C)cc(OCc2csc(C(=O)N3CCN(S(=O)(=O)c4cccs4)CC3)c2)c1. The van der Waals surface area contributed by atoms with E-state index in [1.807, 2.05) is 37.4 Å². The topological polar surface area (TPSA) is 66.9 Å². The largest absolute Gasteiger partial charge is 0.489 e. The predicted octanol–water partition coefficient (Wildman–Crippen LogP) is 4.15. The van der Waals surface area contributed by atoms with Crippen molar-refractivity contribution in [2.45, 2.75) is 24.7 Å². The second-order valence-electron chi connectivity index (χ2n) is 7.56. The van der Waals surface area contributed by atoms with Crippen LogP contribution in [0.1, 0.15) is 26.4 Å². The molecule has 0 radical (unpaired) electrons. The van der Waals surface area contributed by atoms with E-state index in [4.69, 9.17) is 4.74 Å². The molecular formula is C22H24N2O4S3. The Labute approximate surface area is 190 Å². The van der Waals surface area contributed by atoms with Gasteiger partial charge in [-0.15, -0.1) is 22.7 Å². The molecule has 1 fully saturated rings. The molecule has 0 spiro atoms. The van der Waals surface area contributed by atoms with Crippen LogP contribution in [0.4, 0.5) is 0 Å². The van der Waals surface area contributed by atoms with Gasteiger partial charge in [0.2, 0.25) is 0 Å². The zero-order valence-electron chi connectivity index (χ0n) is 17.4. The zero-order valence-corrected chi connectivity index (χ0v) is 19.9. The number of carbonyl (C=O) groups is 1. The number of sulfonamides is 1. The number of benzene rings is 1. The van der Waals surface area contributed by atoms with Crippen LogP contribution >= 0.6 is 22.7 Å². The third-order valence-electron chi connectivity index (χ3n) is 5.08. The molecule has 1 aliphatic heterocycles. The van der Waals surface area contributed by atoms with Crippen LogP contribution in [0.25, 0.3) is 0 Å². The third kappa shape index (κ3) is 5.01. The minimum atomic E-state index is -3.47. The number of aryl methyl sites for hydroxylation is 2. The molecule has 31 heavy (non-hydrogen) atoms. The van der Waals surface area contributed by atoms with Crippen LogP contribution in [0.3, 0.4) is 0 Å². The quantitative estimate of drug-likeness (QED) is 0.536. The minimum absolute atomic E-state index is 0.0594. The smallest absolute Gasteiger partial charge is 0.264 e. The maximum absolute atomic E-state index is 12.9. The summed E-state index contributed by atoms with van der Waals surface area (Å²) >= 11 is 2.61. The highest BCUT2D eigenvalue weighted by atomic mass is 32.2. The van der Waals surface area contributed by atoms with E-state index >= 15 is 0 Å². The molecule has 0 N–H and O–H groups in total. The molecule has 164 valence electrons. The minimum Gasteiger partial charge on any atom is -0.489 e. The van der Waals surface area contributed by atoms with Gasteiger partial charge in [-0.25, -0.2) is 8.42 Å². The van der Waals surface area contributed by atoms with E-state index in [2.05, 4.69) is 6.07 Å². The molecule has 3 heterocycles. The van der Waals surface area contributed by atoms with Crippen molar-refractivity contribution in [3.05, 3.63) is 68.7 Å². The second kappa shape index (κ2) is 9.12. The highest BCUT2D eigenvalue weighted by Gasteiger charge is 2.31. The average Bonchev–Trinajstić information content (AvgIpc) is 3.44. The van der Waals surface area contributed by atoms with E-state index < -0.39 is 10.0 Å². The van der Waals surface area contributed by atoms with Crippen LogP contribution in [0, 0.1) is 13.8 Å². The van der Waals surface area contributed by atoms with Crippen LogP contribution in [-0.4, -0.2) is 49.7 Å². The Morgan fingerprint density at radius 2 is 1.74 bits per heavy atom. The van der Waals surface area contributed by atoms with E-state index in [1.165, 1.54) is 27.0 Å². The number of amides is 1. The summed E-state index contributed by atoms with van der Waals surface area (Å²) in [6, 6.07) is 11.3. The summed E-state index contributed by atoms with van der Waals surface area (Å²) in [7, 11) is -3.47. The van der Waals surface area contributed by atoms with Crippen molar-refractivity contribution in [3.8, 4) is 5.75 Å². The van der Waals surface area contributed by atoms with Gasteiger partial charge in [0.25, 0.3) is 15.9 Å². The Morgan fingerprint density at radius 3 is 2.39 bits per heavy atom. The van der Waals surface area contributed by atoms with Crippen LogP contribution in [0.15, 0.2) is 51.4 Å². The molecular weight excluding hydrogens is 452 g/mol. The first-order valence-electron chi connectivity index (χ1n) is 9.94. The summed E-state index contributed by atoms with van der Waals surface area (Å²) in [6.45, 7) is 5.85. The van der Waals surface area contributed by atoms with E-state index in [9.17, 15) is 13.2 Å². The van der Waals surface area contributed by atoms with Crippen LogP contribution in [0.5, 0.6) is 5.75 Å². The first-order valence-corrected chi connectivity index (χ1v) is 13.1. The number of thiophene rings is 2. The van der Waals surface area contributed by atoms with Crippen molar-refractivity contribution in [1.29, 1.82) is 0 Å². The van der Waals surface area contributed by atoms with Gasteiger partial charge in [-0.2, -0.15) is 4.31 Å². The van der Waals surface area contributed by atoms with E-state index in [1.54, 1.807) is 22.4 Å². The van der Waals surface area contributed by atoms with E-state index in [0.29, 0.717) is 41.9 Å². The van der Waals surface area contributed by atoms with Gasteiger partial charge in [0.1, 0.15) is 16.6 Å². The summed E-state index contributed by atoms with van der Waals surface area (Å²) in [5.41, 5.74) is 3.25. The zero-order chi connectivity index (χ0) is 22.0. The maximum atomic E-state index is 12.9. The van der Waals surface area contributed by atoms with Gasteiger partial charge in [0, 0.05) is 31.7 Å². The lowest BCUT2D eigenvalue weighted by atomic mass is 10.1. The van der Waals surface area contributed by atoms with Crippen molar-refractivity contribution in [2.24, 2.45) is 0 Å². The Balaban J connectivity index is 1.34. The van der Waals surface area contributed by atoms with Crippen molar-refractivity contribution in [2.75, 3.05) is 26.2 Å². The first-order chi connectivity index (χ1) is 14.8.